The lowest BCUT2D eigenvalue weighted by Crippen LogP contribution is -2.14. The van der Waals surface area contributed by atoms with Crippen LogP contribution in [0.25, 0.3) is 0 Å². The van der Waals surface area contributed by atoms with E-state index in [0.717, 1.165) is 11.6 Å². The van der Waals surface area contributed by atoms with Crippen molar-refractivity contribution in [2.75, 3.05) is 5.32 Å². The first-order chi connectivity index (χ1) is 9.52. The number of alkyl halides is 1. The number of anilines is 1. The smallest absolute Gasteiger partial charge is 0.255 e. The second-order valence-corrected chi connectivity index (χ2v) is 4.61. The standard InChI is InChI=1S/C15H12ClF2NO/c1-9-2-7-12(17)14(13(9)18)19-15(20)11-5-3-10(8-16)4-6-11/h2-7H,8H2,1H3,(H,19,20). The van der Waals surface area contributed by atoms with E-state index >= 15 is 0 Å². The molecule has 0 atom stereocenters. The molecule has 0 heterocycles. The molecule has 0 aliphatic rings. The van der Waals surface area contributed by atoms with Gasteiger partial charge in [0.05, 0.1) is 0 Å². The van der Waals surface area contributed by atoms with Crippen LogP contribution in [0, 0.1) is 18.6 Å². The highest BCUT2D eigenvalue weighted by Gasteiger charge is 2.15. The second-order valence-electron chi connectivity index (χ2n) is 4.34. The lowest BCUT2D eigenvalue weighted by atomic mass is 10.1. The molecule has 0 saturated heterocycles. The average Bonchev–Trinajstić information content (AvgIpc) is 2.47. The molecule has 0 fully saturated rings. The Morgan fingerprint density at radius 1 is 1.15 bits per heavy atom. The molecule has 2 nitrogen and oxygen atoms in total. The molecular formula is C15H12ClF2NO. The molecule has 2 rings (SSSR count). The minimum absolute atomic E-state index is 0.263. The summed E-state index contributed by atoms with van der Waals surface area (Å²) in [4.78, 5) is 12.0. The van der Waals surface area contributed by atoms with E-state index in [4.69, 9.17) is 11.6 Å². The van der Waals surface area contributed by atoms with E-state index in [-0.39, 0.29) is 5.56 Å². The van der Waals surface area contributed by atoms with Gasteiger partial charge in [-0.15, -0.1) is 11.6 Å². The summed E-state index contributed by atoms with van der Waals surface area (Å²) in [5, 5.41) is 2.25. The summed E-state index contributed by atoms with van der Waals surface area (Å²) in [6.45, 7) is 1.50. The summed E-state index contributed by atoms with van der Waals surface area (Å²) >= 11 is 5.65. The van der Waals surface area contributed by atoms with Crippen molar-refractivity contribution < 1.29 is 13.6 Å². The van der Waals surface area contributed by atoms with Crippen LogP contribution in [0.2, 0.25) is 0 Å². The van der Waals surface area contributed by atoms with Gasteiger partial charge in [0, 0.05) is 11.4 Å². The lowest BCUT2D eigenvalue weighted by molar-refractivity contribution is 0.102. The van der Waals surface area contributed by atoms with Gasteiger partial charge >= 0.3 is 0 Å². The van der Waals surface area contributed by atoms with Crippen LogP contribution in [0.5, 0.6) is 0 Å². The Labute approximate surface area is 120 Å². The third-order valence-corrected chi connectivity index (χ3v) is 3.20. The molecule has 5 heteroatoms. The van der Waals surface area contributed by atoms with Crippen molar-refractivity contribution in [3.05, 3.63) is 64.7 Å². The maximum Gasteiger partial charge on any atom is 0.255 e. The minimum Gasteiger partial charge on any atom is -0.317 e. The van der Waals surface area contributed by atoms with Gasteiger partial charge < -0.3 is 5.32 Å². The Morgan fingerprint density at radius 3 is 2.40 bits per heavy atom. The van der Waals surface area contributed by atoms with Crippen molar-refractivity contribution in [1.82, 2.24) is 0 Å². The zero-order chi connectivity index (χ0) is 14.7. The molecule has 0 saturated carbocycles. The molecule has 0 bridgehead atoms. The van der Waals surface area contributed by atoms with E-state index in [0.29, 0.717) is 11.4 Å². The molecule has 0 spiro atoms. The SMILES string of the molecule is Cc1ccc(F)c(NC(=O)c2ccc(CCl)cc2)c1F. The largest absolute Gasteiger partial charge is 0.317 e. The van der Waals surface area contributed by atoms with Gasteiger partial charge in [0.1, 0.15) is 11.5 Å². The second kappa shape index (κ2) is 6.01. The first-order valence-electron chi connectivity index (χ1n) is 5.93. The fourth-order valence-electron chi connectivity index (χ4n) is 1.70. The van der Waals surface area contributed by atoms with E-state index in [9.17, 15) is 13.6 Å². The maximum atomic E-state index is 13.8. The van der Waals surface area contributed by atoms with Gasteiger partial charge in [0.25, 0.3) is 5.91 Å². The fraction of sp³-hybridized carbons (Fsp3) is 0.133. The molecule has 0 aliphatic carbocycles. The topological polar surface area (TPSA) is 29.1 Å². The van der Waals surface area contributed by atoms with Crippen LogP contribution < -0.4 is 5.32 Å². The monoisotopic (exact) mass is 295 g/mol. The molecular weight excluding hydrogens is 284 g/mol. The number of halogens is 3. The van der Waals surface area contributed by atoms with Crippen molar-refractivity contribution in [2.24, 2.45) is 0 Å². The molecule has 0 radical (unpaired) electrons. The Hall–Kier alpha value is -1.94. The van der Waals surface area contributed by atoms with Gasteiger partial charge in [-0.2, -0.15) is 0 Å². The average molecular weight is 296 g/mol. The Morgan fingerprint density at radius 2 is 1.80 bits per heavy atom. The number of nitrogens with one attached hydrogen (secondary N) is 1. The predicted molar refractivity (Wildman–Crippen MR) is 75.0 cm³/mol. The summed E-state index contributed by atoms with van der Waals surface area (Å²) in [7, 11) is 0. The molecule has 20 heavy (non-hydrogen) atoms. The van der Waals surface area contributed by atoms with Gasteiger partial charge in [-0.1, -0.05) is 18.2 Å². The van der Waals surface area contributed by atoms with Gasteiger partial charge in [-0.05, 0) is 36.2 Å². The van der Waals surface area contributed by atoms with Crippen LogP contribution in [0.4, 0.5) is 14.5 Å². The Kier molecular flexibility index (Phi) is 4.35. The van der Waals surface area contributed by atoms with E-state index < -0.39 is 23.2 Å². The van der Waals surface area contributed by atoms with Crippen LogP contribution >= 0.6 is 11.6 Å². The third kappa shape index (κ3) is 2.96. The quantitative estimate of drug-likeness (QED) is 0.842. The highest BCUT2D eigenvalue weighted by atomic mass is 35.5. The molecule has 104 valence electrons. The van der Waals surface area contributed by atoms with Crippen molar-refractivity contribution in [3.8, 4) is 0 Å². The van der Waals surface area contributed by atoms with Gasteiger partial charge in [-0.25, -0.2) is 8.78 Å². The van der Waals surface area contributed by atoms with Crippen molar-refractivity contribution in [2.45, 2.75) is 12.8 Å². The highest BCUT2D eigenvalue weighted by Crippen LogP contribution is 2.22. The number of benzene rings is 2. The fourth-order valence-corrected chi connectivity index (χ4v) is 1.88. The number of hydrogen-bond donors (Lipinski definition) is 1. The Balaban J connectivity index is 2.25. The van der Waals surface area contributed by atoms with Crippen LogP contribution in [0.3, 0.4) is 0 Å². The summed E-state index contributed by atoms with van der Waals surface area (Å²) in [6.07, 6.45) is 0. The highest BCUT2D eigenvalue weighted by molar-refractivity contribution is 6.17. The van der Waals surface area contributed by atoms with E-state index in [1.54, 1.807) is 24.3 Å². The molecule has 2 aromatic rings. The normalized spacial score (nSPS) is 10.4. The summed E-state index contributed by atoms with van der Waals surface area (Å²) in [5.41, 5.74) is 0.992. The van der Waals surface area contributed by atoms with Crippen LogP contribution in [0.1, 0.15) is 21.5 Å². The van der Waals surface area contributed by atoms with Crippen LogP contribution in [-0.2, 0) is 5.88 Å². The number of amides is 1. The molecule has 0 unspecified atom stereocenters. The number of carbonyl (C=O) groups excluding carboxylic acids is 1. The van der Waals surface area contributed by atoms with Gasteiger partial charge in [0.2, 0.25) is 0 Å². The van der Waals surface area contributed by atoms with Gasteiger partial charge in [-0.3, -0.25) is 4.79 Å². The van der Waals surface area contributed by atoms with Crippen LogP contribution in [0.15, 0.2) is 36.4 Å². The summed E-state index contributed by atoms with van der Waals surface area (Å²) in [6, 6.07) is 8.91. The third-order valence-electron chi connectivity index (χ3n) is 2.89. The number of aryl methyl sites for hydroxylation is 1. The summed E-state index contributed by atoms with van der Waals surface area (Å²) in [5.74, 6) is -1.81. The first kappa shape index (κ1) is 14.5. The summed E-state index contributed by atoms with van der Waals surface area (Å²) < 4.78 is 27.3. The van der Waals surface area contributed by atoms with Crippen molar-refractivity contribution in [3.63, 3.8) is 0 Å². The molecule has 1 N–H and O–H groups in total. The van der Waals surface area contributed by atoms with E-state index in [2.05, 4.69) is 5.32 Å². The lowest BCUT2D eigenvalue weighted by Gasteiger charge is -2.09. The molecule has 1 amide bonds. The first-order valence-corrected chi connectivity index (χ1v) is 6.47. The molecule has 0 aromatic heterocycles. The number of carbonyl (C=O) groups is 1. The zero-order valence-electron chi connectivity index (χ0n) is 10.7. The minimum atomic E-state index is -0.807. The van der Waals surface area contributed by atoms with E-state index in [1.807, 2.05) is 0 Å². The number of rotatable bonds is 3. The molecule has 0 aliphatic heterocycles. The predicted octanol–water partition coefficient (Wildman–Crippen LogP) is 4.26. The maximum absolute atomic E-state index is 13.8. The van der Waals surface area contributed by atoms with Crippen molar-refractivity contribution >= 4 is 23.2 Å². The van der Waals surface area contributed by atoms with E-state index in [1.165, 1.54) is 13.0 Å². The van der Waals surface area contributed by atoms with Crippen LogP contribution in [-0.4, -0.2) is 5.91 Å². The molecule has 2 aromatic carbocycles. The zero-order valence-corrected chi connectivity index (χ0v) is 11.5. The Bertz CT molecular complexity index is 641. The number of hydrogen-bond acceptors (Lipinski definition) is 1. The van der Waals surface area contributed by atoms with Gasteiger partial charge in [0.15, 0.2) is 5.82 Å². The van der Waals surface area contributed by atoms with Crippen molar-refractivity contribution in [1.29, 1.82) is 0 Å².